The first-order valence-corrected chi connectivity index (χ1v) is 12.3. The van der Waals surface area contributed by atoms with E-state index in [9.17, 15) is 9.90 Å². The van der Waals surface area contributed by atoms with Crippen LogP contribution in [-0.4, -0.2) is 43.6 Å². The minimum Gasteiger partial charge on any atom is -0.507 e. The minimum atomic E-state index is -1.17. The zero-order chi connectivity index (χ0) is 24.6. The van der Waals surface area contributed by atoms with E-state index in [1.165, 1.54) is 50.7 Å². The van der Waals surface area contributed by atoms with E-state index in [1.807, 2.05) is 12.1 Å². The van der Waals surface area contributed by atoms with Gasteiger partial charge in [0.25, 0.3) is 0 Å². The molecule has 6 rings (SSSR count). The molecule has 184 valence electrons. The van der Waals surface area contributed by atoms with Crippen molar-refractivity contribution in [3.05, 3.63) is 52.6 Å². The Bertz CT molecular complexity index is 1150. The average molecular weight is 477 g/mol. The van der Waals surface area contributed by atoms with Crippen LogP contribution in [0.3, 0.4) is 0 Å². The summed E-state index contributed by atoms with van der Waals surface area (Å²) in [6.07, 6.45) is 7.52. The molecule has 0 spiro atoms. The second kappa shape index (κ2) is 9.47. The van der Waals surface area contributed by atoms with Crippen LogP contribution in [-0.2, 0) is 10.2 Å². The van der Waals surface area contributed by atoms with Crippen molar-refractivity contribution in [1.82, 2.24) is 0 Å². The molecule has 4 saturated carbocycles. The Kier molecular flexibility index (Phi) is 6.37. The molecule has 6 nitrogen and oxygen atoms in total. The summed E-state index contributed by atoms with van der Waals surface area (Å²) in [5.41, 5.74) is 2.34. The molecule has 4 bridgehead atoms. The first kappa shape index (κ1) is 23.6. The lowest BCUT2D eigenvalue weighted by atomic mass is 9.47. The first-order chi connectivity index (χ1) is 16.9. The molecule has 2 aromatic rings. The standard InChI is InChI=1S/C29H32O6/c1-33-9-10-35-25-8-6-22(5-3-18-4-7-23(28(31)32)24(30)14-18)27(34-2)26(25)29-15-19-11-20(16-29)13-21(12-19)17-29/h4,6-8,14,19-21,30H,9-13,15-17H2,1-2H3,(H,31,32). The van der Waals surface area contributed by atoms with Gasteiger partial charge in [-0.1, -0.05) is 11.8 Å². The van der Waals surface area contributed by atoms with Gasteiger partial charge in [0.05, 0.1) is 19.3 Å². The van der Waals surface area contributed by atoms with E-state index >= 15 is 0 Å². The van der Waals surface area contributed by atoms with E-state index in [1.54, 1.807) is 20.3 Å². The van der Waals surface area contributed by atoms with Crippen LogP contribution in [0.4, 0.5) is 0 Å². The Balaban J connectivity index is 1.56. The van der Waals surface area contributed by atoms with Gasteiger partial charge in [-0.25, -0.2) is 4.79 Å². The van der Waals surface area contributed by atoms with E-state index in [0.29, 0.717) is 18.8 Å². The molecular weight excluding hydrogens is 444 g/mol. The van der Waals surface area contributed by atoms with E-state index in [-0.39, 0.29) is 16.7 Å². The summed E-state index contributed by atoms with van der Waals surface area (Å²) in [5, 5.41) is 19.2. The van der Waals surface area contributed by atoms with Crippen molar-refractivity contribution in [1.29, 1.82) is 0 Å². The van der Waals surface area contributed by atoms with Crippen LogP contribution in [0.5, 0.6) is 17.2 Å². The lowest BCUT2D eigenvalue weighted by Crippen LogP contribution is -2.48. The van der Waals surface area contributed by atoms with Crippen molar-refractivity contribution < 1.29 is 29.2 Å². The number of carbonyl (C=O) groups is 1. The average Bonchev–Trinajstić information content (AvgIpc) is 2.81. The van der Waals surface area contributed by atoms with Gasteiger partial charge in [0.2, 0.25) is 0 Å². The van der Waals surface area contributed by atoms with E-state index < -0.39 is 5.97 Å². The normalized spacial score (nSPS) is 26.2. The highest BCUT2D eigenvalue weighted by molar-refractivity contribution is 5.90. The molecule has 0 amide bonds. The van der Waals surface area contributed by atoms with Crippen molar-refractivity contribution in [2.24, 2.45) is 17.8 Å². The largest absolute Gasteiger partial charge is 0.507 e. The molecule has 6 heteroatoms. The van der Waals surface area contributed by atoms with Crippen molar-refractivity contribution in [3.63, 3.8) is 0 Å². The van der Waals surface area contributed by atoms with Gasteiger partial charge in [-0.3, -0.25) is 0 Å². The second-order valence-corrected chi connectivity index (χ2v) is 10.3. The highest BCUT2D eigenvalue weighted by atomic mass is 16.5. The molecular formula is C29H32O6. The molecule has 0 aliphatic heterocycles. The fourth-order valence-electron chi connectivity index (χ4n) is 7.08. The van der Waals surface area contributed by atoms with Crippen molar-refractivity contribution >= 4 is 5.97 Å². The third-order valence-corrected chi connectivity index (χ3v) is 8.01. The number of carboxylic acid groups (broad SMARTS) is 1. The molecule has 0 unspecified atom stereocenters. The fraction of sp³-hybridized carbons (Fsp3) is 0.483. The van der Waals surface area contributed by atoms with Crippen molar-refractivity contribution in [2.75, 3.05) is 27.4 Å². The molecule has 0 heterocycles. The molecule has 0 radical (unpaired) electrons. The summed E-state index contributed by atoms with van der Waals surface area (Å²) in [6.45, 7) is 0.985. The van der Waals surface area contributed by atoms with Gasteiger partial charge < -0.3 is 24.4 Å². The van der Waals surface area contributed by atoms with Crippen molar-refractivity contribution in [2.45, 2.75) is 43.9 Å². The lowest BCUT2D eigenvalue weighted by Gasteiger charge is -2.57. The Morgan fingerprint density at radius 3 is 2.26 bits per heavy atom. The third-order valence-electron chi connectivity index (χ3n) is 8.01. The summed E-state index contributed by atoms with van der Waals surface area (Å²) in [5.74, 6) is 8.73. The molecule has 4 aliphatic rings. The molecule has 0 saturated heterocycles. The topological polar surface area (TPSA) is 85.2 Å². The number of methoxy groups -OCH3 is 2. The van der Waals surface area contributed by atoms with Gasteiger partial charge in [0.15, 0.2) is 0 Å². The highest BCUT2D eigenvalue weighted by Crippen LogP contribution is 2.63. The molecule has 4 aliphatic carbocycles. The fourth-order valence-corrected chi connectivity index (χ4v) is 7.08. The summed E-state index contributed by atoms with van der Waals surface area (Å²) >= 11 is 0. The zero-order valence-corrected chi connectivity index (χ0v) is 20.3. The quantitative estimate of drug-likeness (QED) is 0.433. The van der Waals surface area contributed by atoms with Crippen LogP contribution in [0, 0.1) is 29.6 Å². The number of aromatic carboxylic acids is 1. The summed E-state index contributed by atoms with van der Waals surface area (Å²) in [6, 6.07) is 8.27. The molecule has 0 aromatic heterocycles. The highest BCUT2D eigenvalue weighted by Gasteiger charge is 2.53. The number of rotatable bonds is 7. The smallest absolute Gasteiger partial charge is 0.339 e. The third kappa shape index (κ3) is 4.46. The van der Waals surface area contributed by atoms with Crippen LogP contribution >= 0.6 is 0 Å². The Hall–Kier alpha value is -3.17. The Morgan fingerprint density at radius 1 is 1.00 bits per heavy atom. The molecule has 4 fully saturated rings. The summed E-state index contributed by atoms with van der Waals surface area (Å²) in [7, 11) is 3.36. The summed E-state index contributed by atoms with van der Waals surface area (Å²) < 4.78 is 17.5. The number of carboxylic acids is 1. The number of ether oxygens (including phenoxy) is 3. The van der Waals surface area contributed by atoms with E-state index in [0.717, 1.165) is 40.4 Å². The van der Waals surface area contributed by atoms with Crippen LogP contribution in [0.2, 0.25) is 0 Å². The van der Waals surface area contributed by atoms with Gasteiger partial charge in [0.1, 0.15) is 29.4 Å². The van der Waals surface area contributed by atoms with Crippen LogP contribution in [0.25, 0.3) is 0 Å². The van der Waals surface area contributed by atoms with Gasteiger partial charge in [-0.05, 0) is 86.6 Å². The van der Waals surface area contributed by atoms with E-state index in [2.05, 4.69) is 11.8 Å². The maximum Gasteiger partial charge on any atom is 0.339 e. The number of aromatic hydroxyl groups is 1. The minimum absolute atomic E-state index is 0.0432. The SMILES string of the molecule is COCCOc1ccc(C#Cc2ccc(C(=O)O)c(O)c2)c(OC)c1C12CC3CC(CC(C3)C1)C2. The number of phenols is 1. The molecule has 35 heavy (non-hydrogen) atoms. The van der Waals surface area contributed by atoms with Gasteiger partial charge in [0, 0.05) is 23.7 Å². The van der Waals surface area contributed by atoms with Crippen molar-refractivity contribution in [3.8, 4) is 29.1 Å². The Labute approximate surface area is 206 Å². The first-order valence-electron chi connectivity index (χ1n) is 12.3. The molecule has 2 aromatic carbocycles. The second-order valence-electron chi connectivity index (χ2n) is 10.3. The van der Waals surface area contributed by atoms with Crippen LogP contribution < -0.4 is 9.47 Å². The van der Waals surface area contributed by atoms with Gasteiger partial charge in [-0.2, -0.15) is 0 Å². The maximum absolute atomic E-state index is 11.2. The monoisotopic (exact) mass is 476 g/mol. The maximum atomic E-state index is 11.2. The van der Waals surface area contributed by atoms with Gasteiger partial charge >= 0.3 is 5.97 Å². The number of hydrogen-bond donors (Lipinski definition) is 2. The number of hydrogen-bond acceptors (Lipinski definition) is 5. The molecule has 2 N–H and O–H groups in total. The number of benzene rings is 2. The van der Waals surface area contributed by atoms with E-state index in [4.69, 9.17) is 19.3 Å². The van der Waals surface area contributed by atoms with Crippen LogP contribution in [0.15, 0.2) is 30.3 Å². The Morgan fingerprint density at radius 2 is 1.69 bits per heavy atom. The van der Waals surface area contributed by atoms with Crippen LogP contribution in [0.1, 0.15) is 65.6 Å². The predicted molar refractivity (Wildman–Crippen MR) is 131 cm³/mol. The lowest BCUT2D eigenvalue weighted by molar-refractivity contribution is -0.00764. The summed E-state index contributed by atoms with van der Waals surface area (Å²) in [4.78, 5) is 11.2. The predicted octanol–water partition coefficient (Wildman–Crippen LogP) is 4.99. The zero-order valence-electron chi connectivity index (χ0n) is 20.3. The molecule has 0 atom stereocenters. The van der Waals surface area contributed by atoms with Gasteiger partial charge in [-0.15, -0.1) is 0 Å².